The van der Waals surface area contributed by atoms with Gasteiger partial charge in [-0.2, -0.15) is 0 Å². The summed E-state index contributed by atoms with van der Waals surface area (Å²) in [5.41, 5.74) is 7.26. The first-order chi connectivity index (χ1) is 20.8. The van der Waals surface area contributed by atoms with Crippen molar-refractivity contribution < 1.29 is 19.0 Å². The zero-order valence-corrected chi connectivity index (χ0v) is 26.4. The normalized spacial score (nSPS) is 12.3. The van der Waals surface area contributed by atoms with E-state index < -0.39 is 0 Å². The van der Waals surface area contributed by atoms with E-state index in [-0.39, 0.29) is 17.6 Å². The van der Waals surface area contributed by atoms with E-state index in [4.69, 9.17) is 31.4 Å². The zero-order chi connectivity index (χ0) is 30.5. The predicted molar refractivity (Wildman–Crippen MR) is 176 cm³/mol. The Labute approximate surface area is 261 Å². The van der Waals surface area contributed by atoms with Gasteiger partial charge in [-0.25, -0.2) is 4.98 Å². The molecule has 0 saturated carbocycles. The molecule has 0 radical (unpaired) electrons. The van der Waals surface area contributed by atoms with Crippen LogP contribution in [-0.2, 0) is 11.2 Å². The van der Waals surface area contributed by atoms with Gasteiger partial charge in [0.05, 0.1) is 27.1 Å². The van der Waals surface area contributed by atoms with Gasteiger partial charge in [0.2, 0.25) is 17.6 Å². The number of nitrogens with zero attached hydrogens (tertiary/aromatic N) is 4. The first-order valence-corrected chi connectivity index (χ1v) is 15.2. The number of fused-ring (bicyclic) bond motifs is 1. The third kappa shape index (κ3) is 6.73. The topological polar surface area (TPSA) is 98.7 Å². The molecule has 0 fully saturated rings. The van der Waals surface area contributed by atoms with Crippen molar-refractivity contribution in [3.05, 3.63) is 71.3 Å². The van der Waals surface area contributed by atoms with Crippen LogP contribution in [0.4, 0.5) is 11.6 Å². The van der Waals surface area contributed by atoms with Gasteiger partial charge >= 0.3 is 0 Å². The molecule has 0 atom stereocenters. The summed E-state index contributed by atoms with van der Waals surface area (Å²) in [5.74, 6) is 1.30. The Balaban J connectivity index is 1.39. The lowest BCUT2D eigenvalue weighted by Gasteiger charge is -2.31. The second kappa shape index (κ2) is 13.4. The monoisotopic (exact) mass is 615 g/mol. The van der Waals surface area contributed by atoms with Crippen LogP contribution in [0.25, 0.3) is 22.5 Å². The quantitative estimate of drug-likeness (QED) is 0.229. The average molecular weight is 616 g/mol. The number of aryl methyl sites for hydroxylation is 3. The van der Waals surface area contributed by atoms with Crippen LogP contribution in [0.5, 0.6) is 17.2 Å². The highest BCUT2D eigenvalue weighted by Gasteiger charge is 2.23. The fourth-order valence-corrected chi connectivity index (χ4v) is 6.02. The maximum absolute atomic E-state index is 13.0. The lowest BCUT2D eigenvalue weighted by molar-refractivity contribution is -0.113. The van der Waals surface area contributed by atoms with Crippen LogP contribution in [0.1, 0.15) is 23.1 Å². The van der Waals surface area contributed by atoms with Gasteiger partial charge in [0.25, 0.3) is 0 Å². The summed E-state index contributed by atoms with van der Waals surface area (Å²) in [7, 11) is 4.65. The van der Waals surface area contributed by atoms with E-state index in [0.29, 0.717) is 38.5 Å². The van der Waals surface area contributed by atoms with Gasteiger partial charge in [-0.05, 0) is 50.5 Å². The summed E-state index contributed by atoms with van der Waals surface area (Å²) in [6.45, 7) is 4.93. The number of aromatic nitrogens is 3. The second-order valence-corrected chi connectivity index (χ2v) is 11.7. The highest BCUT2D eigenvalue weighted by molar-refractivity contribution is 8.23. The van der Waals surface area contributed by atoms with Crippen molar-refractivity contribution in [2.24, 2.45) is 0 Å². The minimum atomic E-state index is -0.283. The minimum Gasteiger partial charge on any atom is -0.493 e. The smallest absolute Gasteiger partial charge is 0.250 e. The van der Waals surface area contributed by atoms with Crippen LogP contribution >= 0.6 is 24.0 Å². The Morgan fingerprint density at radius 1 is 0.907 bits per heavy atom. The summed E-state index contributed by atoms with van der Waals surface area (Å²) in [4.78, 5) is 19.9. The number of benzene rings is 3. The van der Waals surface area contributed by atoms with Gasteiger partial charge < -0.3 is 19.1 Å². The number of methoxy groups -OCH3 is 3. The van der Waals surface area contributed by atoms with E-state index in [1.165, 1.54) is 22.9 Å². The lowest BCUT2D eigenvalue weighted by atomic mass is 10.0. The number of carbonyl (C=O) groups excluding carboxylic acids is 1. The Morgan fingerprint density at radius 3 is 2.28 bits per heavy atom. The SMILES string of the molecule is COc1cc(-c2nc(NC(=O)CSC(=S)N3CCCc4cc(C)ccc43)nnc2-c2ccc(C)cc2)cc(OC)c1OC. The minimum absolute atomic E-state index is 0.0786. The average Bonchev–Trinajstić information content (AvgIpc) is 3.02. The standard InChI is InChI=1S/C32H33N5O4S2/c1-19-8-11-21(12-9-19)29-28(23-16-25(39-3)30(41-5)26(17-23)40-4)34-31(36-35-29)33-27(38)18-43-32(42)37-14-6-7-22-15-20(2)10-13-24(22)37/h8-13,15-17H,6-7,14,18H2,1-5H3,(H,33,34,36,38). The predicted octanol–water partition coefficient (Wildman–Crippen LogP) is 6.26. The summed E-state index contributed by atoms with van der Waals surface area (Å²) in [6.07, 6.45) is 2.04. The van der Waals surface area contributed by atoms with E-state index >= 15 is 0 Å². The molecule has 0 bridgehead atoms. The van der Waals surface area contributed by atoms with E-state index in [2.05, 4.69) is 45.5 Å². The number of thiocarbonyl (C=S) groups is 1. The van der Waals surface area contributed by atoms with Gasteiger partial charge in [0, 0.05) is 23.4 Å². The molecule has 3 aromatic carbocycles. The molecular formula is C32H33N5O4S2. The number of nitrogens with one attached hydrogen (secondary N) is 1. The Bertz CT molecular complexity index is 1640. The molecule has 1 aromatic heterocycles. The van der Waals surface area contributed by atoms with Crippen LogP contribution < -0.4 is 24.4 Å². The van der Waals surface area contributed by atoms with Crippen molar-refractivity contribution in [1.82, 2.24) is 15.2 Å². The molecule has 1 N–H and O–H groups in total. The second-order valence-electron chi connectivity index (χ2n) is 10.1. The molecule has 1 aliphatic rings. The summed E-state index contributed by atoms with van der Waals surface area (Å²) < 4.78 is 17.3. The maximum Gasteiger partial charge on any atom is 0.250 e. The van der Waals surface area contributed by atoms with Gasteiger partial charge in [-0.15, -0.1) is 10.2 Å². The molecule has 0 saturated heterocycles. The number of hydrogen-bond acceptors (Lipinski definition) is 9. The molecule has 43 heavy (non-hydrogen) atoms. The van der Waals surface area contributed by atoms with Gasteiger partial charge in [0.1, 0.15) is 15.7 Å². The van der Waals surface area contributed by atoms with E-state index in [0.717, 1.165) is 36.2 Å². The number of ether oxygens (including phenoxy) is 3. The molecule has 222 valence electrons. The van der Waals surface area contributed by atoms with E-state index in [1.807, 2.05) is 31.2 Å². The van der Waals surface area contributed by atoms with Crippen molar-refractivity contribution in [1.29, 1.82) is 0 Å². The van der Waals surface area contributed by atoms with E-state index in [9.17, 15) is 4.79 Å². The van der Waals surface area contributed by atoms with Gasteiger partial charge in [0.15, 0.2) is 11.5 Å². The molecule has 0 unspecified atom stereocenters. The number of hydrogen-bond donors (Lipinski definition) is 1. The van der Waals surface area contributed by atoms with Crippen molar-refractivity contribution >= 4 is 45.8 Å². The Morgan fingerprint density at radius 2 is 1.60 bits per heavy atom. The highest BCUT2D eigenvalue weighted by Crippen LogP contribution is 2.42. The maximum atomic E-state index is 13.0. The molecule has 4 aromatic rings. The number of carbonyl (C=O) groups is 1. The van der Waals surface area contributed by atoms with Crippen LogP contribution in [-0.4, -0.2) is 59.0 Å². The molecule has 0 spiro atoms. The van der Waals surface area contributed by atoms with Crippen LogP contribution in [0.2, 0.25) is 0 Å². The van der Waals surface area contributed by atoms with Crippen molar-refractivity contribution in [3.8, 4) is 39.8 Å². The number of rotatable bonds is 8. The fourth-order valence-electron chi connectivity index (χ4n) is 4.99. The molecule has 0 aliphatic carbocycles. The van der Waals surface area contributed by atoms with Crippen LogP contribution in [0.3, 0.4) is 0 Å². The fraction of sp³-hybridized carbons (Fsp3) is 0.281. The molecule has 11 heteroatoms. The molecule has 1 aliphatic heterocycles. The highest BCUT2D eigenvalue weighted by atomic mass is 32.2. The molecule has 1 amide bonds. The van der Waals surface area contributed by atoms with Crippen LogP contribution in [0.15, 0.2) is 54.6 Å². The van der Waals surface area contributed by atoms with E-state index in [1.54, 1.807) is 33.5 Å². The van der Waals surface area contributed by atoms with Crippen molar-refractivity contribution in [2.75, 3.05) is 43.8 Å². The molecule has 2 heterocycles. The number of thioether (sulfide) groups is 1. The number of anilines is 2. The zero-order valence-electron chi connectivity index (χ0n) is 24.8. The molecule has 9 nitrogen and oxygen atoms in total. The summed E-state index contributed by atoms with van der Waals surface area (Å²) in [6, 6.07) is 17.9. The molecular weight excluding hydrogens is 583 g/mol. The lowest BCUT2D eigenvalue weighted by Crippen LogP contribution is -2.33. The van der Waals surface area contributed by atoms with Crippen molar-refractivity contribution in [3.63, 3.8) is 0 Å². The first-order valence-electron chi connectivity index (χ1n) is 13.8. The summed E-state index contributed by atoms with van der Waals surface area (Å²) in [5, 5.41) is 11.5. The number of amides is 1. The molecule has 5 rings (SSSR count). The largest absolute Gasteiger partial charge is 0.493 e. The van der Waals surface area contributed by atoms with Gasteiger partial charge in [-0.3, -0.25) is 10.1 Å². The third-order valence-electron chi connectivity index (χ3n) is 7.10. The third-order valence-corrected chi connectivity index (χ3v) is 8.55. The van der Waals surface area contributed by atoms with Crippen LogP contribution in [0, 0.1) is 13.8 Å². The first kappa shape index (κ1) is 30.2. The van der Waals surface area contributed by atoms with Crippen molar-refractivity contribution in [2.45, 2.75) is 26.7 Å². The summed E-state index contributed by atoms with van der Waals surface area (Å²) >= 11 is 7.05. The van der Waals surface area contributed by atoms with Gasteiger partial charge in [-0.1, -0.05) is 71.5 Å². The Hall–Kier alpha value is -4.22. The Kier molecular flexibility index (Phi) is 9.42.